The molecule has 0 amide bonds. The second-order valence-corrected chi connectivity index (χ2v) is 2.93. The maximum atomic E-state index is 10.5. The van der Waals surface area contributed by atoms with E-state index in [1.165, 1.54) is 0 Å². The predicted octanol–water partition coefficient (Wildman–Crippen LogP) is 1.55. The predicted molar refractivity (Wildman–Crippen MR) is 55.1 cm³/mol. The lowest BCUT2D eigenvalue weighted by atomic mass is 10.2. The van der Waals surface area contributed by atoms with Gasteiger partial charge in [0.25, 0.3) is 0 Å². The van der Waals surface area contributed by atoms with Crippen LogP contribution in [0.4, 0.5) is 5.69 Å². The van der Waals surface area contributed by atoms with E-state index in [1.54, 1.807) is 31.2 Å². The van der Waals surface area contributed by atoms with Crippen molar-refractivity contribution in [2.45, 2.75) is 13.0 Å². The van der Waals surface area contributed by atoms with Crippen molar-refractivity contribution in [1.82, 2.24) is 0 Å². The number of hydrogen-bond acceptors (Lipinski definition) is 2. The molecule has 0 aliphatic carbocycles. The molecule has 3 nitrogen and oxygen atoms in total. The number of carboxylic acid groups (broad SMARTS) is 1. The lowest BCUT2D eigenvalue weighted by Gasteiger charge is -2.10. The summed E-state index contributed by atoms with van der Waals surface area (Å²) in [6.45, 7) is 1.58. The maximum Gasteiger partial charge on any atom is 0.325 e. The fourth-order valence-corrected chi connectivity index (χ4v) is 0.974. The van der Waals surface area contributed by atoms with E-state index < -0.39 is 12.0 Å². The first-order valence-electron chi connectivity index (χ1n) is 4.19. The van der Waals surface area contributed by atoms with Crippen LogP contribution in [-0.2, 0) is 4.79 Å². The van der Waals surface area contributed by atoms with Gasteiger partial charge in [-0.2, -0.15) is 0 Å². The van der Waals surface area contributed by atoms with E-state index in [-0.39, 0.29) is 0 Å². The fraction of sp³-hybridized carbons (Fsp3) is 0.182. The molecule has 0 bridgehead atoms. The van der Waals surface area contributed by atoms with Crippen LogP contribution in [0.3, 0.4) is 0 Å². The monoisotopic (exact) mass is 189 g/mol. The van der Waals surface area contributed by atoms with E-state index in [9.17, 15) is 4.79 Å². The Bertz CT molecular complexity index is 362. The van der Waals surface area contributed by atoms with Crippen molar-refractivity contribution < 1.29 is 9.90 Å². The molecule has 1 aromatic rings. The number of carbonyl (C=O) groups is 1. The lowest BCUT2D eigenvalue weighted by molar-refractivity contribution is -0.137. The van der Waals surface area contributed by atoms with Crippen LogP contribution in [0.5, 0.6) is 0 Å². The fourth-order valence-electron chi connectivity index (χ4n) is 0.974. The zero-order chi connectivity index (χ0) is 10.6. The maximum absolute atomic E-state index is 10.5. The van der Waals surface area contributed by atoms with Gasteiger partial charge in [-0.1, -0.05) is 5.92 Å². The molecular weight excluding hydrogens is 178 g/mol. The highest BCUT2D eigenvalue weighted by molar-refractivity contribution is 5.76. The van der Waals surface area contributed by atoms with Gasteiger partial charge < -0.3 is 10.4 Å². The molecule has 14 heavy (non-hydrogen) atoms. The molecule has 0 radical (unpaired) electrons. The van der Waals surface area contributed by atoms with Crippen LogP contribution >= 0.6 is 0 Å². The smallest absolute Gasteiger partial charge is 0.325 e. The molecule has 1 rings (SSSR count). The van der Waals surface area contributed by atoms with Gasteiger partial charge in [-0.25, -0.2) is 0 Å². The average molecular weight is 189 g/mol. The first-order valence-corrected chi connectivity index (χ1v) is 4.19. The largest absolute Gasteiger partial charge is 0.480 e. The highest BCUT2D eigenvalue weighted by Gasteiger charge is 2.09. The molecule has 0 aliphatic rings. The van der Waals surface area contributed by atoms with Gasteiger partial charge in [0.15, 0.2) is 0 Å². The Kier molecular flexibility index (Phi) is 3.14. The zero-order valence-electron chi connectivity index (χ0n) is 7.82. The summed E-state index contributed by atoms with van der Waals surface area (Å²) in [4.78, 5) is 10.5. The molecule has 0 saturated heterocycles. The summed E-state index contributed by atoms with van der Waals surface area (Å²) in [5.74, 6) is 1.60. The van der Waals surface area contributed by atoms with Gasteiger partial charge in [0.2, 0.25) is 0 Å². The minimum absolute atomic E-state index is 0.605. The second kappa shape index (κ2) is 4.33. The van der Waals surface area contributed by atoms with Crippen molar-refractivity contribution in [3.63, 3.8) is 0 Å². The van der Waals surface area contributed by atoms with Crippen molar-refractivity contribution in [1.29, 1.82) is 0 Å². The number of hydrogen-bond donors (Lipinski definition) is 2. The van der Waals surface area contributed by atoms with Crippen LogP contribution in [0, 0.1) is 12.3 Å². The third-order valence-electron chi connectivity index (χ3n) is 1.81. The van der Waals surface area contributed by atoms with Gasteiger partial charge >= 0.3 is 5.97 Å². The normalized spacial score (nSPS) is 11.4. The number of aliphatic carboxylic acids is 1. The molecule has 72 valence electrons. The Morgan fingerprint density at radius 3 is 2.50 bits per heavy atom. The third-order valence-corrected chi connectivity index (χ3v) is 1.81. The molecular formula is C11H11NO2. The van der Waals surface area contributed by atoms with E-state index in [1.807, 2.05) is 0 Å². The van der Waals surface area contributed by atoms with Crippen LogP contribution in [0.25, 0.3) is 0 Å². The first kappa shape index (κ1) is 10.1. The van der Waals surface area contributed by atoms with Crippen molar-refractivity contribution in [3.8, 4) is 12.3 Å². The van der Waals surface area contributed by atoms with Gasteiger partial charge in [-0.05, 0) is 31.2 Å². The minimum atomic E-state index is -0.883. The SMILES string of the molecule is C#Cc1ccc(N[C@@H](C)C(=O)O)cc1. The van der Waals surface area contributed by atoms with Crippen molar-refractivity contribution >= 4 is 11.7 Å². The summed E-state index contributed by atoms with van der Waals surface area (Å²) in [6.07, 6.45) is 5.18. The highest BCUT2D eigenvalue weighted by atomic mass is 16.4. The van der Waals surface area contributed by atoms with Crippen molar-refractivity contribution in [2.24, 2.45) is 0 Å². The summed E-state index contributed by atoms with van der Waals surface area (Å²) < 4.78 is 0. The van der Waals surface area contributed by atoms with E-state index in [4.69, 9.17) is 11.5 Å². The van der Waals surface area contributed by atoms with Gasteiger partial charge in [0.05, 0.1) is 0 Å². The topological polar surface area (TPSA) is 49.3 Å². The molecule has 1 atom stereocenters. The van der Waals surface area contributed by atoms with Gasteiger partial charge in [-0.3, -0.25) is 4.79 Å². The molecule has 0 fully saturated rings. The van der Waals surface area contributed by atoms with E-state index in [0.717, 1.165) is 11.3 Å². The summed E-state index contributed by atoms with van der Waals surface area (Å²) in [7, 11) is 0. The van der Waals surface area contributed by atoms with Gasteiger partial charge in [0.1, 0.15) is 6.04 Å². The average Bonchev–Trinajstić information content (AvgIpc) is 2.19. The lowest BCUT2D eigenvalue weighted by Crippen LogP contribution is -2.25. The second-order valence-electron chi connectivity index (χ2n) is 2.93. The summed E-state index contributed by atoms with van der Waals surface area (Å²) in [5.41, 5.74) is 1.53. The number of nitrogens with one attached hydrogen (secondary N) is 1. The van der Waals surface area contributed by atoms with Crippen molar-refractivity contribution in [2.75, 3.05) is 5.32 Å². The molecule has 0 aromatic heterocycles. The number of carboxylic acids is 1. The Morgan fingerprint density at radius 1 is 1.50 bits per heavy atom. The van der Waals surface area contributed by atoms with Crippen LogP contribution in [0.2, 0.25) is 0 Å². The molecule has 2 N–H and O–H groups in total. The van der Waals surface area contributed by atoms with Gasteiger partial charge in [-0.15, -0.1) is 6.42 Å². The van der Waals surface area contributed by atoms with E-state index in [2.05, 4.69) is 11.2 Å². The molecule has 1 aromatic carbocycles. The first-order chi connectivity index (χ1) is 6.63. The molecule has 0 spiro atoms. The molecule has 0 saturated carbocycles. The quantitative estimate of drug-likeness (QED) is 0.709. The number of anilines is 1. The van der Waals surface area contributed by atoms with Crippen LogP contribution in [0.1, 0.15) is 12.5 Å². The van der Waals surface area contributed by atoms with E-state index >= 15 is 0 Å². The van der Waals surface area contributed by atoms with Gasteiger partial charge in [0, 0.05) is 11.3 Å². The summed E-state index contributed by atoms with van der Waals surface area (Å²) in [5, 5.41) is 11.5. The van der Waals surface area contributed by atoms with Crippen molar-refractivity contribution in [3.05, 3.63) is 29.8 Å². The number of terminal acetylenes is 1. The van der Waals surface area contributed by atoms with Crippen LogP contribution < -0.4 is 5.32 Å². The third kappa shape index (κ3) is 2.53. The zero-order valence-corrected chi connectivity index (χ0v) is 7.82. The Morgan fingerprint density at radius 2 is 2.07 bits per heavy atom. The standard InChI is InChI=1S/C11H11NO2/c1-3-9-4-6-10(7-5-9)12-8(2)11(13)14/h1,4-8,12H,2H3,(H,13,14)/t8-/m0/s1. The molecule has 0 heterocycles. The summed E-state index contributed by atoms with van der Waals surface area (Å²) >= 11 is 0. The molecule has 0 unspecified atom stereocenters. The van der Waals surface area contributed by atoms with Crippen LogP contribution in [-0.4, -0.2) is 17.1 Å². The Balaban J connectivity index is 2.70. The molecule has 0 aliphatic heterocycles. The molecule has 3 heteroatoms. The Labute approximate surface area is 82.8 Å². The highest BCUT2D eigenvalue weighted by Crippen LogP contribution is 2.09. The van der Waals surface area contributed by atoms with E-state index in [0.29, 0.717) is 0 Å². The summed E-state index contributed by atoms with van der Waals surface area (Å²) in [6, 6.07) is 6.43. The minimum Gasteiger partial charge on any atom is -0.480 e. The number of rotatable bonds is 3. The number of benzene rings is 1. The van der Waals surface area contributed by atoms with Crippen LogP contribution in [0.15, 0.2) is 24.3 Å². The Hall–Kier alpha value is -1.95.